The van der Waals surface area contributed by atoms with Crippen molar-refractivity contribution in [2.24, 2.45) is 7.05 Å². The molecular weight excluding hydrogens is 242 g/mol. The Labute approximate surface area is 111 Å². The molecule has 1 aliphatic carbocycles. The Balaban J connectivity index is 2.13. The molecule has 0 bridgehead atoms. The van der Waals surface area contributed by atoms with Crippen LogP contribution in [0, 0.1) is 0 Å². The fourth-order valence-corrected chi connectivity index (χ4v) is 2.50. The molecule has 0 radical (unpaired) electrons. The average Bonchev–Trinajstić information content (AvgIpc) is 3.21. The normalized spacial score (nSPS) is 14.6. The van der Waals surface area contributed by atoms with Crippen LogP contribution in [0.1, 0.15) is 24.5 Å². The molecule has 2 aromatic rings. The Morgan fingerprint density at radius 3 is 2.42 bits per heavy atom. The first-order chi connectivity index (χ1) is 9.13. The van der Waals surface area contributed by atoms with Crippen molar-refractivity contribution >= 4 is 5.69 Å². The largest absolute Gasteiger partial charge is 0.497 e. The maximum Gasteiger partial charge on any atom is 0.294 e. The Morgan fingerprint density at radius 2 is 1.89 bits per heavy atom. The first-order valence-corrected chi connectivity index (χ1v) is 6.35. The molecule has 0 aliphatic heterocycles. The second-order valence-electron chi connectivity index (χ2n) is 4.91. The molecule has 0 spiro atoms. The summed E-state index contributed by atoms with van der Waals surface area (Å²) >= 11 is 0. The molecule has 0 amide bonds. The third kappa shape index (κ3) is 1.82. The molecule has 100 valence electrons. The van der Waals surface area contributed by atoms with Gasteiger partial charge in [-0.1, -0.05) is 0 Å². The van der Waals surface area contributed by atoms with Crippen LogP contribution in [-0.4, -0.2) is 16.5 Å². The highest BCUT2D eigenvalue weighted by molar-refractivity contribution is 5.49. The Kier molecular flexibility index (Phi) is 2.62. The van der Waals surface area contributed by atoms with Crippen LogP contribution < -0.4 is 16.0 Å². The van der Waals surface area contributed by atoms with E-state index in [0.29, 0.717) is 11.6 Å². The van der Waals surface area contributed by atoms with Gasteiger partial charge in [0.1, 0.15) is 11.4 Å². The summed E-state index contributed by atoms with van der Waals surface area (Å²) in [5.74, 6) is 1.21. The lowest BCUT2D eigenvalue weighted by Crippen LogP contribution is -2.20. The van der Waals surface area contributed by atoms with Crippen molar-refractivity contribution in [3.63, 3.8) is 0 Å². The smallest absolute Gasteiger partial charge is 0.294 e. The van der Waals surface area contributed by atoms with Crippen LogP contribution >= 0.6 is 0 Å². The lowest BCUT2D eigenvalue weighted by molar-refractivity contribution is 0.414. The summed E-state index contributed by atoms with van der Waals surface area (Å²) < 4.78 is 8.61. The van der Waals surface area contributed by atoms with Crippen LogP contribution in [0.3, 0.4) is 0 Å². The molecule has 1 aliphatic rings. The summed E-state index contributed by atoms with van der Waals surface area (Å²) in [5, 5.41) is 0. The second kappa shape index (κ2) is 4.19. The van der Waals surface area contributed by atoms with Crippen molar-refractivity contribution in [1.29, 1.82) is 0 Å². The van der Waals surface area contributed by atoms with Gasteiger partial charge in [-0.15, -0.1) is 0 Å². The molecule has 3 rings (SSSR count). The Hall–Kier alpha value is -2.17. The van der Waals surface area contributed by atoms with Crippen molar-refractivity contribution in [2.45, 2.75) is 18.8 Å². The van der Waals surface area contributed by atoms with E-state index in [-0.39, 0.29) is 5.56 Å². The van der Waals surface area contributed by atoms with Crippen molar-refractivity contribution in [3.05, 3.63) is 40.3 Å². The summed E-state index contributed by atoms with van der Waals surface area (Å²) in [4.78, 5) is 12.3. The topological polar surface area (TPSA) is 62.2 Å². The number of nitrogens with two attached hydrogens (primary N) is 1. The van der Waals surface area contributed by atoms with Crippen LogP contribution in [0.15, 0.2) is 29.1 Å². The average molecular weight is 259 g/mol. The van der Waals surface area contributed by atoms with Gasteiger partial charge in [-0.2, -0.15) is 0 Å². The standard InChI is InChI=1S/C14H17N3O2/c1-16-13(9-3-4-9)12(15)14(18)17(16)10-5-7-11(19-2)8-6-10/h5-9H,3-4,15H2,1-2H3. The SMILES string of the molecule is COc1ccc(-n2c(=O)c(N)c(C3CC3)n2C)cc1. The number of nitrogen functional groups attached to an aromatic ring is 1. The highest BCUT2D eigenvalue weighted by Gasteiger charge is 2.31. The zero-order valence-electron chi connectivity index (χ0n) is 11.1. The van der Waals surface area contributed by atoms with Gasteiger partial charge in [0.2, 0.25) is 0 Å². The van der Waals surface area contributed by atoms with Crippen molar-refractivity contribution in [2.75, 3.05) is 12.8 Å². The second-order valence-corrected chi connectivity index (χ2v) is 4.91. The molecule has 0 atom stereocenters. The molecule has 1 aromatic carbocycles. The summed E-state index contributed by atoms with van der Waals surface area (Å²) in [6.45, 7) is 0. The predicted octanol–water partition coefficient (Wildman–Crippen LogP) is 1.64. The fraction of sp³-hybridized carbons (Fsp3) is 0.357. The summed E-state index contributed by atoms with van der Waals surface area (Å²) in [6, 6.07) is 7.39. The van der Waals surface area contributed by atoms with E-state index in [1.807, 2.05) is 36.0 Å². The molecule has 19 heavy (non-hydrogen) atoms. The number of benzene rings is 1. The van der Waals surface area contributed by atoms with Crippen LogP contribution in [0.25, 0.3) is 5.69 Å². The number of rotatable bonds is 3. The van der Waals surface area contributed by atoms with E-state index < -0.39 is 0 Å². The molecule has 1 fully saturated rings. The number of anilines is 1. The number of nitrogens with zero attached hydrogens (tertiary/aromatic N) is 2. The zero-order valence-corrected chi connectivity index (χ0v) is 11.1. The molecular formula is C14H17N3O2. The number of aromatic nitrogens is 2. The Morgan fingerprint density at radius 1 is 1.26 bits per heavy atom. The zero-order chi connectivity index (χ0) is 13.6. The molecule has 1 aromatic heterocycles. The highest BCUT2D eigenvalue weighted by Crippen LogP contribution is 2.41. The van der Waals surface area contributed by atoms with Crippen molar-refractivity contribution in [3.8, 4) is 11.4 Å². The maximum atomic E-state index is 12.3. The van der Waals surface area contributed by atoms with Crippen molar-refractivity contribution in [1.82, 2.24) is 9.36 Å². The first-order valence-electron chi connectivity index (χ1n) is 6.35. The monoisotopic (exact) mass is 259 g/mol. The van der Waals surface area contributed by atoms with E-state index in [4.69, 9.17) is 10.5 Å². The van der Waals surface area contributed by atoms with Crippen LogP contribution in [0.2, 0.25) is 0 Å². The van der Waals surface area contributed by atoms with Gasteiger partial charge in [-0.3, -0.25) is 9.48 Å². The Bertz CT molecular complexity index is 663. The summed E-state index contributed by atoms with van der Waals surface area (Å²) in [5.41, 5.74) is 7.95. The lowest BCUT2D eigenvalue weighted by atomic mass is 10.2. The molecule has 0 unspecified atom stereocenters. The minimum Gasteiger partial charge on any atom is -0.497 e. The minimum absolute atomic E-state index is 0.144. The van der Waals surface area contributed by atoms with Gasteiger partial charge in [0.05, 0.1) is 18.5 Å². The van der Waals surface area contributed by atoms with E-state index in [2.05, 4.69) is 0 Å². The van der Waals surface area contributed by atoms with E-state index in [0.717, 1.165) is 30.0 Å². The fourth-order valence-electron chi connectivity index (χ4n) is 2.50. The number of ether oxygens (including phenoxy) is 1. The van der Waals surface area contributed by atoms with Gasteiger partial charge < -0.3 is 10.5 Å². The molecule has 1 heterocycles. The van der Waals surface area contributed by atoms with Crippen LogP contribution in [0.4, 0.5) is 5.69 Å². The van der Waals surface area contributed by atoms with Gasteiger partial charge in [-0.25, -0.2) is 4.68 Å². The summed E-state index contributed by atoms with van der Waals surface area (Å²) in [6.07, 6.45) is 2.23. The van der Waals surface area contributed by atoms with Gasteiger partial charge in [-0.05, 0) is 37.1 Å². The molecule has 5 nitrogen and oxygen atoms in total. The van der Waals surface area contributed by atoms with Gasteiger partial charge >= 0.3 is 0 Å². The molecule has 5 heteroatoms. The number of hydrogen-bond donors (Lipinski definition) is 1. The van der Waals surface area contributed by atoms with E-state index in [9.17, 15) is 4.79 Å². The number of methoxy groups -OCH3 is 1. The number of hydrogen-bond acceptors (Lipinski definition) is 3. The van der Waals surface area contributed by atoms with E-state index >= 15 is 0 Å². The lowest BCUT2D eigenvalue weighted by Gasteiger charge is -2.10. The van der Waals surface area contributed by atoms with E-state index in [1.165, 1.54) is 0 Å². The predicted molar refractivity (Wildman–Crippen MR) is 73.9 cm³/mol. The van der Waals surface area contributed by atoms with Crippen LogP contribution in [0.5, 0.6) is 5.75 Å². The molecule has 1 saturated carbocycles. The maximum absolute atomic E-state index is 12.3. The van der Waals surface area contributed by atoms with Gasteiger partial charge in [0.15, 0.2) is 0 Å². The van der Waals surface area contributed by atoms with Crippen molar-refractivity contribution < 1.29 is 4.74 Å². The van der Waals surface area contributed by atoms with E-state index in [1.54, 1.807) is 11.8 Å². The van der Waals surface area contributed by atoms with Gasteiger partial charge in [0, 0.05) is 13.0 Å². The third-order valence-corrected chi connectivity index (χ3v) is 3.63. The third-order valence-electron chi connectivity index (χ3n) is 3.63. The molecule has 2 N–H and O–H groups in total. The van der Waals surface area contributed by atoms with Crippen LogP contribution in [-0.2, 0) is 7.05 Å². The quantitative estimate of drug-likeness (QED) is 0.911. The van der Waals surface area contributed by atoms with Gasteiger partial charge in [0.25, 0.3) is 5.56 Å². The highest BCUT2D eigenvalue weighted by atomic mass is 16.5. The minimum atomic E-state index is -0.144. The first kappa shape index (κ1) is 11.9. The molecule has 0 saturated heterocycles. The summed E-state index contributed by atoms with van der Waals surface area (Å²) in [7, 11) is 3.50.